The lowest BCUT2D eigenvalue weighted by atomic mass is 10.2. The summed E-state index contributed by atoms with van der Waals surface area (Å²) in [4.78, 5) is 19.9. The van der Waals surface area contributed by atoms with E-state index < -0.39 is 0 Å². The average molecular weight is 312 g/mol. The fourth-order valence-corrected chi connectivity index (χ4v) is 2.86. The van der Waals surface area contributed by atoms with Gasteiger partial charge in [-0.25, -0.2) is 9.78 Å². The number of nitrogens with two attached hydrogens (primary N) is 1. The van der Waals surface area contributed by atoms with Crippen molar-refractivity contribution in [2.75, 3.05) is 36.8 Å². The Morgan fingerprint density at radius 3 is 3.11 bits per heavy atom. The van der Waals surface area contributed by atoms with Crippen LogP contribution in [-0.2, 0) is 0 Å². The van der Waals surface area contributed by atoms with Gasteiger partial charge in [-0.2, -0.15) is 0 Å². The first-order valence-electron chi connectivity index (χ1n) is 5.85. The molecule has 1 aromatic heterocycles. The average Bonchev–Trinajstić information content (AvgIpc) is 2.71. The fourth-order valence-electron chi connectivity index (χ4n) is 2.51. The highest BCUT2D eigenvalue weighted by atomic mass is 79.9. The van der Waals surface area contributed by atoms with E-state index in [0.29, 0.717) is 18.8 Å². The van der Waals surface area contributed by atoms with Crippen molar-refractivity contribution in [1.82, 2.24) is 15.2 Å². The molecule has 0 aliphatic carbocycles. The van der Waals surface area contributed by atoms with Crippen LogP contribution in [-0.4, -0.2) is 48.1 Å². The second-order valence-electron chi connectivity index (χ2n) is 4.55. The first-order valence-corrected chi connectivity index (χ1v) is 6.65. The molecular weight excluding hydrogens is 298 g/mol. The van der Waals surface area contributed by atoms with Crippen LogP contribution in [0.5, 0.6) is 0 Å². The molecule has 6 nitrogen and oxygen atoms in total. The molecule has 0 aromatic carbocycles. The summed E-state index contributed by atoms with van der Waals surface area (Å²) in [5.41, 5.74) is 6.65. The topological polar surface area (TPSA) is 74.5 Å². The van der Waals surface area contributed by atoms with Crippen LogP contribution >= 0.6 is 15.9 Å². The zero-order valence-corrected chi connectivity index (χ0v) is 11.4. The van der Waals surface area contributed by atoms with Gasteiger partial charge in [0.1, 0.15) is 0 Å². The first kappa shape index (κ1) is 11.6. The lowest BCUT2D eigenvalue weighted by molar-refractivity contribution is 0.197. The highest BCUT2D eigenvalue weighted by Crippen LogP contribution is 2.26. The Kier molecular flexibility index (Phi) is 2.77. The van der Waals surface area contributed by atoms with Crippen molar-refractivity contribution in [2.45, 2.75) is 6.04 Å². The lowest BCUT2D eigenvalue weighted by Crippen LogP contribution is -2.52. The zero-order chi connectivity index (χ0) is 12.7. The Hall–Kier alpha value is -1.50. The number of urea groups is 1. The van der Waals surface area contributed by atoms with Gasteiger partial charge < -0.3 is 20.9 Å². The van der Waals surface area contributed by atoms with Crippen LogP contribution < -0.4 is 16.0 Å². The molecule has 0 saturated carbocycles. The van der Waals surface area contributed by atoms with Crippen LogP contribution in [0.1, 0.15) is 0 Å². The Bertz CT molecular complexity index is 494. The molecule has 0 radical (unpaired) electrons. The van der Waals surface area contributed by atoms with Crippen LogP contribution in [0.25, 0.3) is 0 Å². The summed E-state index contributed by atoms with van der Waals surface area (Å²) < 4.78 is 0.875. The largest absolute Gasteiger partial charge is 0.396 e. The zero-order valence-electron chi connectivity index (χ0n) is 9.77. The molecule has 96 valence electrons. The van der Waals surface area contributed by atoms with E-state index in [1.165, 1.54) is 0 Å². The molecule has 1 unspecified atom stereocenters. The minimum absolute atomic E-state index is 0.0383. The number of nitrogens with one attached hydrogen (secondary N) is 1. The SMILES string of the molecule is Nc1cc(Br)cnc1N1CCN2C(=O)NCC2C1. The second-order valence-corrected chi connectivity index (χ2v) is 5.46. The van der Waals surface area contributed by atoms with E-state index in [-0.39, 0.29) is 12.1 Å². The van der Waals surface area contributed by atoms with Gasteiger partial charge in [-0.05, 0) is 22.0 Å². The Morgan fingerprint density at radius 2 is 2.33 bits per heavy atom. The van der Waals surface area contributed by atoms with E-state index in [1.54, 1.807) is 6.20 Å². The van der Waals surface area contributed by atoms with Crippen molar-refractivity contribution in [3.05, 3.63) is 16.7 Å². The van der Waals surface area contributed by atoms with Gasteiger partial charge in [0, 0.05) is 36.8 Å². The Balaban J connectivity index is 1.80. The molecule has 2 aliphatic rings. The molecule has 2 aliphatic heterocycles. The van der Waals surface area contributed by atoms with Crippen LogP contribution in [0, 0.1) is 0 Å². The second kappa shape index (κ2) is 4.31. The minimum Gasteiger partial charge on any atom is -0.396 e. The van der Waals surface area contributed by atoms with E-state index in [1.807, 2.05) is 11.0 Å². The summed E-state index contributed by atoms with van der Waals surface area (Å²) in [5, 5.41) is 2.86. The molecule has 1 atom stereocenters. The Labute approximate surface area is 113 Å². The van der Waals surface area contributed by atoms with Gasteiger partial charge in [0.2, 0.25) is 0 Å². The highest BCUT2D eigenvalue weighted by Gasteiger charge is 2.36. The first-order chi connectivity index (χ1) is 8.65. The molecule has 2 saturated heterocycles. The number of hydrogen-bond donors (Lipinski definition) is 2. The maximum Gasteiger partial charge on any atom is 0.317 e. The molecule has 2 amide bonds. The summed E-state index contributed by atoms with van der Waals surface area (Å²) >= 11 is 3.35. The quantitative estimate of drug-likeness (QED) is 0.798. The third-order valence-electron chi connectivity index (χ3n) is 3.39. The van der Waals surface area contributed by atoms with Crippen molar-refractivity contribution < 1.29 is 4.79 Å². The number of rotatable bonds is 1. The van der Waals surface area contributed by atoms with Gasteiger partial charge in [0.05, 0.1) is 11.7 Å². The van der Waals surface area contributed by atoms with Crippen LogP contribution in [0.3, 0.4) is 0 Å². The summed E-state index contributed by atoms with van der Waals surface area (Å²) in [7, 11) is 0. The van der Waals surface area contributed by atoms with Crippen LogP contribution in [0.15, 0.2) is 16.7 Å². The van der Waals surface area contributed by atoms with Crippen molar-refractivity contribution in [1.29, 1.82) is 0 Å². The molecule has 1 aromatic rings. The number of fused-ring (bicyclic) bond motifs is 1. The molecule has 3 N–H and O–H groups in total. The third kappa shape index (κ3) is 1.88. The Morgan fingerprint density at radius 1 is 1.50 bits per heavy atom. The standard InChI is InChI=1S/C11H14BrN5O/c12-7-3-9(13)10(14-4-7)16-1-2-17-8(6-16)5-15-11(17)18/h3-4,8H,1-2,5-6,13H2,(H,15,18). The molecule has 18 heavy (non-hydrogen) atoms. The normalized spacial score (nSPS) is 22.9. The molecule has 0 bridgehead atoms. The number of piperazine rings is 1. The van der Waals surface area contributed by atoms with Gasteiger partial charge in [-0.3, -0.25) is 0 Å². The molecule has 3 rings (SSSR count). The fraction of sp³-hybridized carbons (Fsp3) is 0.455. The monoisotopic (exact) mass is 311 g/mol. The van der Waals surface area contributed by atoms with Gasteiger partial charge in [-0.15, -0.1) is 0 Å². The van der Waals surface area contributed by atoms with E-state index in [9.17, 15) is 4.79 Å². The minimum atomic E-state index is 0.0383. The van der Waals surface area contributed by atoms with Crippen LogP contribution in [0.4, 0.5) is 16.3 Å². The third-order valence-corrected chi connectivity index (χ3v) is 3.83. The lowest BCUT2D eigenvalue weighted by Gasteiger charge is -2.37. The number of nitrogen functional groups attached to an aromatic ring is 1. The van der Waals surface area contributed by atoms with Crippen molar-refractivity contribution in [3.8, 4) is 0 Å². The predicted octanol–water partition coefficient (Wildman–Crippen LogP) is 0.640. The smallest absolute Gasteiger partial charge is 0.317 e. The number of amides is 2. The van der Waals surface area contributed by atoms with Crippen molar-refractivity contribution in [3.63, 3.8) is 0 Å². The summed E-state index contributed by atoms with van der Waals surface area (Å²) in [6.07, 6.45) is 1.75. The summed E-state index contributed by atoms with van der Waals surface area (Å²) in [5.74, 6) is 0.803. The van der Waals surface area contributed by atoms with E-state index >= 15 is 0 Å². The summed E-state index contributed by atoms with van der Waals surface area (Å²) in [6.45, 7) is 2.96. The van der Waals surface area contributed by atoms with Crippen LogP contribution in [0.2, 0.25) is 0 Å². The van der Waals surface area contributed by atoms with Gasteiger partial charge in [0.25, 0.3) is 0 Å². The van der Waals surface area contributed by atoms with Gasteiger partial charge >= 0.3 is 6.03 Å². The van der Waals surface area contributed by atoms with Gasteiger partial charge in [0.15, 0.2) is 5.82 Å². The van der Waals surface area contributed by atoms with Gasteiger partial charge in [-0.1, -0.05) is 0 Å². The number of hydrogen-bond acceptors (Lipinski definition) is 4. The highest BCUT2D eigenvalue weighted by molar-refractivity contribution is 9.10. The molecule has 0 spiro atoms. The number of carbonyl (C=O) groups excluding carboxylic acids is 1. The van der Waals surface area contributed by atoms with Crippen molar-refractivity contribution in [2.24, 2.45) is 0 Å². The number of carbonyl (C=O) groups is 1. The predicted molar refractivity (Wildman–Crippen MR) is 72.5 cm³/mol. The number of nitrogens with zero attached hydrogens (tertiary/aromatic N) is 3. The maximum atomic E-state index is 11.5. The molecule has 2 fully saturated rings. The van der Waals surface area contributed by atoms with E-state index in [2.05, 4.69) is 31.1 Å². The number of halogens is 1. The molecule has 7 heteroatoms. The molecular formula is C11H14BrN5O. The van der Waals surface area contributed by atoms with E-state index in [0.717, 1.165) is 23.4 Å². The molecule has 3 heterocycles. The number of anilines is 2. The maximum absolute atomic E-state index is 11.5. The summed E-state index contributed by atoms with van der Waals surface area (Å²) in [6, 6.07) is 2.11. The number of aromatic nitrogens is 1. The van der Waals surface area contributed by atoms with Crippen molar-refractivity contribution >= 4 is 33.5 Å². The van der Waals surface area contributed by atoms with E-state index in [4.69, 9.17) is 5.73 Å². The number of pyridine rings is 1.